The van der Waals surface area contributed by atoms with Crippen LogP contribution in [0.2, 0.25) is 0 Å². The zero-order chi connectivity index (χ0) is 15.1. The summed E-state index contributed by atoms with van der Waals surface area (Å²) in [5, 5.41) is 5.64. The second-order valence-electron chi connectivity index (χ2n) is 4.73. The van der Waals surface area contributed by atoms with Crippen LogP contribution < -0.4 is 15.4 Å². The van der Waals surface area contributed by atoms with E-state index in [9.17, 15) is 4.79 Å². The first kappa shape index (κ1) is 14.9. The minimum Gasteiger partial charge on any atom is -0.492 e. The number of ether oxygens (including phenoxy) is 1. The van der Waals surface area contributed by atoms with Crippen molar-refractivity contribution >= 4 is 11.7 Å². The molecule has 2 N–H and O–H groups in total. The molecule has 0 fully saturated rings. The molecule has 4 heteroatoms. The first-order valence-electron chi connectivity index (χ1n) is 7.01. The lowest BCUT2D eigenvalue weighted by molar-refractivity contribution is 0.251. The topological polar surface area (TPSA) is 50.4 Å². The third-order valence-corrected chi connectivity index (χ3v) is 2.97. The number of benzene rings is 2. The Labute approximate surface area is 125 Å². The maximum atomic E-state index is 11.9. The normalized spacial score (nSPS) is 10.0. The Morgan fingerprint density at radius 2 is 1.95 bits per heavy atom. The predicted octanol–water partition coefficient (Wildman–Crippen LogP) is 3.72. The van der Waals surface area contributed by atoms with Gasteiger partial charge in [-0.3, -0.25) is 0 Å². The predicted molar refractivity (Wildman–Crippen MR) is 84.6 cm³/mol. The highest BCUT2D eigenvalue weighted by Crippen LogP contribution is 2.23. The first-order valence-corrected chi connectivity index (χ1v) is 7.01. The minimum absolute atomic E-state index is 0.247. The average molecular weight is 284 g/mol. The average Bonchev–Trinajstić information content (AvgIpc) is 2.48. The fourth-order valence-corrected chi connectivity index (χ4v) is 2.02. The molecule has 110 valence electrons. The summed E-state index contributed by atoms with van der Waals surface area (Å²) in [5.74, 6) is 0.672. The largest absolute Gasteiger partial charge is 0.492 e. The van der Waals surface area contributed by atoms with Crippen LogP contribution in [-0.4, -0.2) is 12.6 Å². The molecule has 4 nitrogen and oxygen atoms in total. The molecular weight excluding hydrogens is 264 g/mol. The molecule has 0 aliphatic heterocycles. The van der Waals surface area contributed by atoms with Gasteiger partial charge >= 0.3 is 6.03 Å². The van der Waals surface area contributed by atoms with E-state index in [0.717, 1.165) is 5.56 Å². The summed E-state index contributed by atoms with van der Waals surface area (Å²) in [4.78, 5) is 11.9. The maximum Gasteiger partial charge on any atom is 0.319 e. The third-order valence-electron chi connectivity index (χ3n) is 2.97. The second kappa shape index (κ2) is 7.33. The van der Waals surface area contributed by atoms with E-state index < -0.39 is 0 Å². The SMILES string of the molecule is CCOc1ccccc1NC(=O)NCc1cccc(C)c1. The van der Waals surface area contributed by atoms with Gasteiger partial charge in [0, 0.05) is 6.54 Å². The van der Waals surface area contributed by atoms with Crippen LogP contribution in [0.3, 0.4) is 0 Å². The van der Waals surface area contributed by atoms with Crippen LogP contribution >= 0.6 is 0 Å². The number of aryl methyl sites for hydroxylation is 1. The number of urea groups is 1. The van der Waals surface area contributed by atoms with E-state index in [-0.39, 0.29) is 6.03 Å². The van der Waals surface area contributed by atoms with Gasteiger partial charge in [0.15, 0.2) is 0 Å². The van der Waals surface area contributed by atoms with Crippen LogP contribution in [0, 0.1) is 6.92 Å². The molecule has 0 saturated carbocycles. The van der Waals surface area contributed by atoms with Crippen molar-refractivity contribution in [1.29, 1.82) is 0 Å². The van der Waals surface area contributed by atoms with Crippen LogP contribution in [-0.2, 0) is 6.54 Å². The van der Waals surface area contributed by atoms with Crippen molar-refractivity contribution < 1.29 is 9.53 Å². The molecule has 0 spiro atoms. The van der Waals surface area contributed by atoms with Gasteiger partial charge in [-0.1, -0.05) is 42.0 Å². The molecule has 2 aromatic carbocycles. The molecule has 21 heavy (non-hydrogen) atoms. The molecule has 0 saturated heterocycles. The summed E-state index contributed by atoms with van der Waals surface area (Å²) in [7, 11) is 0. The first-order chi connectivity index (χ1) is 10.2. The van der Waals surface area contributed by atoms with E-state index in [1.54, 1.807) is 0 Å². The van der Waals surface area contributed by atoms with Crippen LogP contribution in [0.15, 0.2) is 48.5 Å². The zero-order valence-electron chi connectivity index (χ0n) is 12.3. The lowest BCUT2D eigenvalue weighted by Gasteiger charge is -2.12. The van der Waals surface area contributed by atoms with Gasteiger partial charge in [0.05, 0.1) is 12.3 Å². The lowest BCUT2D eigenvalue weighted by Crippen LogP contribution is -2.28. The summed E-state index contributed by atoms with van der Waals surface area (Å²) in [6.45, 7) is 4.99. The molecule has 0 atom stereocenters. The molecule has 0 aliphatic carbocycles. The molecule has 0 radical (unpaired) electrons. The molecule has 2 aromatic rings. The molecule has 0 heterocycles. The molecular formula is C17H20N2O2. The smallest absolute Gasteiger partial charge is 0.319 e. The summed E-state index contributed by atoms with van der Waals surface area (Å²) < 4.78 is 5.47. The zero-order valence-corrected chi connectivity index (χ0v) is 12.3. The van der Waals surface area contributed by atoms with Crippen LogP contribution in [0.1, 0.15) is 18.1 Å². The summed E-state index contributed by atoms with van der Waals surface area (Å²) in [6.07, 6.45) is 0. The van der Waals surface area contributed by atoms with Crippen molar-refractivity contribution in [1.82, 2.24) is 5.32 Å². The van der Waals surface area contributed by atoms with Gasteiger partial charge in [0.2, 0.25) is 0 Å². The maximum absolute atomic E-state index is 11.9. The van der Waals surface area contributed by atoms with Gasteiger partial charge in [-0.25, -0.2) is 4.79 Å². The Hall–Kier alpha value is -2.49. The van der Waals surface area contributed by atoms with Crippen LogP contribution in [0.5, 0.6) is 5.75 Å². The standard InChI is InChI=1S/C17H20N2O2/c1-3-21-16-10-5-4-9-15(16)19-17(20)18-12-14-8-6-7-13(2)11-14/h4-11H,3,12H2,1-2H3,(H2,18,19,20). The number of amides is 2. The second-order valence-corrected chi connectivity index (χ2v) is 4.73. The number of rotatable bonds is 5. The summed E-state index contributed by atoms with van der Waals surface area (Å²) in [6, 6.07) is 15.2. The molecule has 0 bridgehead atoms. The van der Waals surface area contributed by atoms with Crippen LogP contribution in [0.4, 0.5) is 10.5 Å². The van der Waals surface area contributed by atoms with Gasteiger partial charge in [0.25, 0.3) is 0 Å². The Bertz CT molecular complexity index is 611. The fraction of sp³-hybridized carbons (Fsp3) is 0.235. The van der Waals surface area contributed by atoms with Crippen LogP contribution in [0.25, 0.3) is 0 Å². The molecule has 0 aromatic heterocycles. The highest BCUT2D eigenvalue weighted by atomic mass is 16.5. The minimum atomic E-state index is -0.247. The molecule has 2 rings (SSSR count). The number of carbonyl (C=O) groups is 1. The quantitative estimate of drug-likeness (QED) is 0.879. The molecule has 0 unspecified atom stereocenters. The molecule has 0 aliphatic rings. The van der Waals surface area contributed by atoms with Gasteiger partial charge in [0.1, 0.15) is 5.75 Å². The van der Waals surface area contributed by atoms with Gasteiger partial charge in [-0.2, -0.15) is 0 Å². The number of hydrogen-bond donors (Lipinski definition) is 2. The highest BCUT2D eigenvalue weighted by Gasteiger charge is 2.06. The van der Waals surface area contributed by atoms with Crippen molar-refractivity contribution in [3.8, 4) is 5.75 Å². The van der Waals surface area contributed by atoms with E-state index in [0.29, 0.717) is 24.6 Å². The molecule has 2 amide bonds. The van der Waals surface area contributed by atoms with Crippen molar-refractivity contribution in [2.75, 3.05) is 11.9 Å². The van der Waals surface area contributed by atoms with E-state index >= 15 is 0 Å². The Kier molecular flexibility index (Phi) is 5.21. The lowest BCUT2D eigenvalue weighted by atomic mass is 10.1. The number of anilines is 1. The summed E-state index contributed by atoms with van der Waals surface area (Å²) >= 11 is 0. The van der Waals surface area contributed by atoms with E-state index in [2.05, 4.69) is 16.7 Å². The van der Waals surface area contributed by atoms with Crippen molar-refractivity contribution in [2.24, 2.45) is 0 Å². The van der Waals surface area contributed by atoms with Gasteiger partial charge < -0.3 is 15.4 Å². The van der Waals surface area contributed by atoms with Crippen molar-refractivity contribution in [3.63, 3.8) is 0 Å². The summed E-state index contributed by atoms with van der Waals surface area (Å²) in [5.41, 5.74) is 2.92. The number of carbonyl (C=O) groups excluding carboxylic acids is 1. The Morgan fingerprint density at radius 3 is 2.71 bits per heavy atom. The number of nitrogens with one attached hydrogen (secondary N) is 2. The number of hydrogen-bond acceptors (Lipinski definition) is 2. The van der Waals surface area contributed by atoms with E-state index in [4.69, 9.17) is 4.74 Å². The van der Waals surface area contributed by atoms with E-state index in [1.807, 2.05) is 56.3 Å². The third kappa shape index (κ3) is 4.53. The fourth-order valence-electron chi connectivity index (χ4n) is 2.02. The Morgan fingerprint density at radius 1 is 1.14 bits per heavy atom. The van der Waals surface area contributed by atoms with Crippen molar-refractivity contribution in [2.45, 2.75) is 20.4 Å². The van der Waals surface area contributed by atoms with E-state index in [1.165, 1.54) is 5.56 Å². The monoisotopic (exact) mass is 284 g/mol. The van der Waals surface area contributed by atoms with Gasteiger partial charge in [-0.15, -0.1) is 0 Å². The van der Waals surface area contributed by atoms with Gasteiger partial charge in [-0.05, 0) is 31.5 Å². The number of para-hydroxylation sites is 2. The Balaban J connectivity index is 1.93. The highest BCUT2D eigenvalue weighted by molar-refractivity contribution is 5.90. The van der Waals surface area contributed by atoms with Crippen molar-refractivity contribution in [3.05, 3.63) is 59.7 Å².